The molecule has 144 valence electrons. The highest BCUT2D eigenvalue weighted by molar-refractivity contribution is 7.91. The molecular weight excluding hydrogens is 378 g/mol. The van der Waals surface area contributed by atoms with Crippen LogP contribution in [0, 0.1) is 0 Å². The Morgan fingerprint density at radius 2 is 1.88 bits per heavy atom. The smallest absolute Gasteiger partial charge is 0.306 e. The molecule has 8 heteroatoms. The third-order valence-corrected chi connectivity index (χ3v) is 7.67. The monoisotopic (exact) mass is 401 g/mol. The Labute approximate surface area is 159 Å². The van der Waals surface area contributed by atoms with Crippen LogP contribution in [0.4, 0.5) is 0 Å². The Morgan fingerprint density at radius 3 is 2.42 bits per heavy atom. The molecule has 1 heterocycles. The van der Waals surface area contributed by atoms with Gasteiger partial charge in [-0.3, -0.25) is 4.79 Å². The summed E-state index contributed by atoms with van der Waals surface area (Å²) < 4.78 is 38.6. The molecule has 1 aliphatic heterocycles. The number of halogens is 1. The van der Waals surface area contributed by atoms with Crippen LogP contribution in [0.2, 0.25) is 5.02 Å². The van der Waals surface area contributed by atoms with E-state index in [-0.39, 0.29) is 18.7 Å². The maximum absolute atomic E-state index is 12.6. The first kappa shape index (κ1) is 20.7. The predicted octanol–water partition coefficient (Wildman–Crippen LogP) is 3.69. The molecule has 0 saturated carbocycles. The van der Waals surface area contributed by atoms with Crippen molar-refractivity contribution in [3.8, 4) is 0 Å². The number of carbonyl (C=O) groups excluding carboxylic acids is 1. The maximum atomic E-state index is 12.6. The fraction of sp³-hybridized carbons (Fsp3) is 0.556. The van der Waals surface area contributed by atoms with Crippen LogP contribution in [0.25, 0.3) is 0 Å². The number of hydrogen-bond donors (Lipinski definition) is 0. The highest BCUT2D eigenvalue weighted by atomic mass is 35.5. The molecule has 0 amide bonds. The second kappa shape index (κ2) is 7.19. The van der Waals surface area contributed by atoms with Crippen molar-refractivity contribution < 1.29 is 22.7 Å². The lowest BCUT2D eigenvalue weighted by Gasteiger charge is -2.43. The van der Waals surface area contributed by atoms with Crippen LogP contribution in [-0.4, -0.2) is 37.7 Å². The molecule has 0 aliphatic carbocycles. The first-order valence-electron chi connectivity index (χ1n) is 8.25. The summed E-state index contributed by atoms with van der Waals surface area (Å²) >= 11 is 6.27. The van der Waals surface area contributed by atoms with Crippen molar-refractivity contribution in [1.82, 2.24) is 0 Å². The van der Waals surface area contributed by atoms with Gasteiger partial charge < -0.3 is 9.47 Å². The molecule has 0 aromatic heterocycles. The lowest BCUT2D eigenvalue weighted by atomic mass is 9.91. The van der Waals surface area contributed by atoms with Gasteiger partial charge in [0.1, 0.15) is 10.3 Å². The van der Waals surface area contributed by atoms with E-state index in [0.29, 0.717) is 10.6 Å². The normalized spacial score (nSPS) is 21.2. The predicted molar refractivity (Wildman–Crippen MR) is 101 cm³/mol. The minimum absolute atomic E-state index is 0.0342. The van der Waals surface area contributed by atoms with E-state index in [1.165, 1.54) is 7.11 Å². The van der Waals surface area contributed by atoms with Crippen LogP contribution in [0.3, 0.4) is 0 Å². The standard InChI is InChI=1S/C18H24ClNO5S/c1-17(2)18(3,4)26(22,23)20-15(25-17)10-12(11-16(21)24-5)13-8-6-7-9-14(13)19/h6-9,12H,10-11H2,1-5H3/t12-/m0/s1. The molecule has 1 aromatic carbocycles. The zero-order chi connectivity index (χ0) is 19.8. The van der Waals surface area contributed by atoms with Crippen molar-refractivity contribution >= 4 is 33.5 Å². The SMILES string of the molecule is COC(=O)C[C@H](CC1=NS(=O)(=O)C(C)(C)C(C)(C)O1)c1ccccc1Cl. The number of benzene rings is 1. The molecule has 26 heavy (non-hydrogen) atoms. The summed E-state index contributed by atoms with van der Waals surface area (Å²) in [5.41, 5.74) is -0.259. The van der Waals surface area contributed by atoms with E-state index in [0.717, 1.165) is 0 Å². The molecule has 0 N–H and O–H groups in total. The van der Waals surface area contributed by atoms with E-state index >= 15 is 0 Å². The lowest BCUT2D eigenvalue weighted by Crippen LogP contribution is -2.56. The number of hydrogen-bond acceptors (Lipinski definition) is 5. The van der Waals surface area contributed by atoms with E-state index in [9.17, 15) is 13.2 Å². The van der Waals surface area contributed by atoms with Crippen LogP contribution in [0.15, 0.2) is 28.7 Å². The van der Waals surface area contributed by atoms with Crippen LogP contribution >= 0.6 is 11.6 Å². The molecule has 0 unspecified atom stereocenters. The number of carbonyl (C=O) groups is 1. The molecule has 6 nitrogen and oxygen atoms in total. The summed E-state index contributed by atoms with van der Waals surface area (Å²) in [5.74, 6) is -0.765. The van der Waals surface area contributed by atoms with Crippen LogP contribution in [0.5, 0.6) is 0 Å². The Morgan fingerprint density at radius 1 is 1.27 bits per heavy atom. The summed E-state index contributed by atoms with van der Waals surface area (Å²) in [6, 6.07) is 7.10. The molecule has 1 atom stereocenters. The number of ether oxygens (including phenoxy) is 2. The molecule has 1 aliphatic rings. The quantitative estimate of drug-likeness (QED) is 0.702. The van der Waals surface area contributed by atoms with Gasteiger partial charge in [0.15, 0.2) is 0 Å². The van der Waals surface area contributed by atoms with Crippen molar-refractivity contribution in [2.24, 2.45) is 4.40 Å². The highest BCUT2D eigenvalue weighted by Crippen LogP contribution is 2.40. The summed E-state index contributed by atoms with van der Waals surface area (Å²) in [6.07, 6.45) is 0.157. The average Bonchev–Trinajstić information content (AvgIpc) is 2.52. The molecular formula is C18H24ClNO5S. The second-order valence-electron chi connectivity index (χ2n) is 7.29. The number of methoxy groups -OCH3 is 1. The van der Waals surface area contributed by atoms with Gasteiger partial charge in [0.2, 0.25) is 5.90 Å². The first-order valence-corrected chi connectivity index (χ1v) is 10.1. The van der Waals surface area contributed by atoms with E-state index in [1.807, 2.05) is 0 Å². The number of nitrogens with zero attached hydrogens (tertiary/aromatic N) is 1. The van der Waals surface area contributed by atoms with E-state index in [4.69, 9.17) is 21.1 Å². The molecule has 0 fully saturated rings. The first-order chi connectivity index (χ1) is 11.9. The minimum atomic E-state index is -3.78. The number of sulfonamides is 1. The third kappa shape index (κ3) is 3.88. The second-order valence-corrected chi connectivity index (χ2v) is 9.85. The van der Waals surface area contributed by atoms with Crippen molar-refractivity contribution in [2.75, 3.05) is 7.11 Å². The molecule has 0 saturated heterocycles. The van der Waals surface area contributed by atoms with Gasteiger partial charge in [-0.05, 0) is 39.3 Å². The van der Waals surface area contributed by atoms with Crippen molar-refractivity contribution in [2.45, 2.75) is 56.8 Å². The largest absolute Gasteiger partial charge is 0.472 e. The Kier molecular flexibility index (Phi) is 5.73. The summed E-state index contributed by atoms with van der Waals surface area (Å²) in [7, 11) is -2.47. The zero-order valence-corrected chi connectivity index (χ0v) is 17.1. The van der Waals surface area contributed by atoms with E-state index in [2.05, 4.69) is 4.40 Å². The topological polar surface area (TPSA) is 82.0 Å². The molecule has 1 aromatic rings. The summed E-state index contributed by atoms with van der Waals surface area (Å²) in [5, 5.41) is 0.486. The Bertz CT molecular complexity index is 830. The maximum Gasteiger partial charge on any atom is 0.306 e. The Hall–Kier alpha value is -1.60. The fourth-order valence-corrected chi connectivity index (χ4v) is 4.23. The van der Waals surface area contributed by atoms with Gasteiger partial charge in [0.25, 0.3) is 10.0 Å². The van der Waals surface area contributed by atoms with Gasteiger partial charge in [-0.2, -0.15) is 0 Å². The third-order valence-electron chi connectivity index (χ3n) is 5.10. The molecule has 0 spiro atoms. The lowest BCUT2D eigenvalue weighted by molar-refractivity contribution is -0.141. The average molecular weight is 402 g/mol. The van der Waals surface area contributed by atoms with Gasteiger partial charge in [-0.15, -0.1) is 4.40 Å². The summed E-state index contributed by atoms with van der Waals surface area (Å²) in [6.45, 7) is 6.60. The van der Waals surface area contributed by atoms with Crippen molar-refractivity contribution in [1.29, 1.82) is 0 Å². The van der Waals surface area contributed by atoms with Gasteiger partial charge >= 0.3 is 5.97 Å². The summed E-state index contributed by atoms with van der Waals surface area (Å²) in [4.78, 5) is 11.8. The van der Waals surface area contributed by atoms with E-state index < -0.39 is 32.3 Å². The van der Waals surface area contributed by atoms with Crippen molar-refractivity contribution in [3.63, 3.8) is 0 Å². The number of esters is 1. The molecule has 0 radical (unpaired) electrons. The van der Waals surface area contributed by atoms with Gasteiger partial charge in [0, 0.05) is 17.4 Å². The fourth-order valence-electron chi connectivity index (χ4n) is 2.67. The van der Waals surface area contributed by atoms with E-state index in [1.54, 1.807) is 52.0 Å². The minimum Gasteiger partial charge on any atom is -0.472 e. The highest BCUT2D eigenvalue weighted by Gasteiger charge is 2.53. The van der Waals surface area contributed by atoms with Gasteiger partial charge in [-0.1, -0.05) is 29.8 Å². The zero-order valence-electron chi connectivity index (χ0n) is 15.6. The van der Waals surface area contributed by atoms with Gasteiger partial charge in [0.05, 0.1) is 13.5 Å². The van der Waals surface area contributed by atoms with Crippen molar-refractivity contribution in [3.05, 3.63) is 34.9 Å². The van der Waals surface area contributed by atoms with Gasteiger partial charge in [-0.25, -0.2) is 8.42 Å². The Balaban J connectivity index is 2.42. The number of rotatable bonds is 5. The molecule has 0 bridgehead atoms. The van der Waals surface area contributed by atoms with Crippen LogP contribution in [0.1, 0.15) is 52.0 Å². The molecule has 2 rings (SSSR count). The van der Waals surface area contributed by atoms with Crippen LogP contribution < -0.4 is 0 Å². The van der Waals surface area contributed by atoms with Crippen LogP contribution in [-0.2, 0) is 24.3 Å².